The molecule has 0 aromatic carbocycles. The zero-order valence-electron chi connectivity index (χ0n) is 17.7. The average molecular weight is 378 g/mol. The van der Waals surface area contributed by atoms with Crippen LogP contribution in [0.3, 0.4) is 0 Å². The second-order valence-corrected chi connectivity index (χ2v) is 10.1. The average Bonchev–Trinajstić information content (AvgIpc) is 2.54. The molecule has 0 aromatic heterocycles. The van der Waals surface area contributed by atoms with Gasteiger partial charge < -0.3 is 10.6 Å². The van der Waals surface area contributed by atoms with Gasteiger partial charge in [-0.05, 0) is 89.4 Å². The zero-order valence-corrected chi connectivity index (χ0v) is 17.7. The summed E-state index contributed by atoms with van der Waals surface area (Å²) in [6.45, 7) is 10.3. The normalized spacial score (nSPS) is 31.7. The fourth-order valence-corrected chi connectivity index (χ4v) is 6.59. The van der Waals surface area contributed by atoms with Crippen LogP contribution in [0, 0.1) is 23.2 Å². The van der Waals surface area contributed by atoms with E-state index in [1.165, 1.54) is 38.5 Å². The van der Waals surface area contributed by atoms with E-state index < -0.39 is 0 Å². The van der Waals surface area contributed by atoms with Gasteiger partial charge in [0.1, 0.15) is 0 Å². The Morgan fingerprint density at radius 1 is 0.889 bits per heavy atom. The second kappa shape index (κ2) is 8.50. The minimum absolute atomic E-state index is 0.0677. The highest BCUT2D eigenvalue weighted by Gasteiger charge is 2.51. The SMILES string of the molecule is CC(C)N(CCNC(=O)CNC(=O)CC12CC3CC(CC(C3)C1)C2)C(C)C. The first-order valence-electron chi connectivity index (χ1n) is 11.1. The number of rotatable bonds is 9. The van der Waals surface area contributed by atoms with Gasteiger partial charge in [0.2, 0.25) is 11.8 Å². The Bertz CT molecular complexity index is 500. The van der Waals surface area contributed by atoms with Crippen molar-refractivity contribution in [1.29, 1.82) is 0 Å². The van der Waals surface area contributed by atoms with Gasteiger partial charge in [0.05, 0.1) is 6.54 Å². The van der Waals surface area contributed by atoms with Crippen molar-refractivity contribution < 1.29 is 9.59 Å². The zero-order chi connectivity index (χ0) is 19.6. The van der Waals surface area contributed by atoms with E-state index >= 15 is 0 Å². The van der Waals surface area contributed by atoms with Crippen molar-refractivity contribution in [2.45, 2.75) is 84.7 Å². The summed E-state index contributed by atoms with van der Waals surface area (Å²) in [4.78, 5) is 26.9. The van der Waals surface area contributed by atoms with Crippen molar-refractivity contribution in [3.05, 3.63) is 0 Å². The van der Waals surface area contributed by atoms with Gasteiger partial charge in [0, 0.05) is 31.6 Å². The molecule has 0 atom stereocenters. The summed E-state index contributed by atoms with van der Waals surface area (Å²) >= 11 is 0. The lowest BCUT2D eigenvalue weighted by atomic mass is 9.49. The van der Waals surface area contributed by atoms with Crippen molar-refractivity contribution >= 4 is 11.8 Å². The Hall–Kier alpha value is -1.10. The molecule has 0 heterocycles. The number of carbonyl (C=O) groups is 2. The van der Waals surface area contributed by atoms with E-state index in [4.69, 9.17) is 0 Å². The van der Waals surface area contributed by atoms with Gasteiger partial charge in [-0.3, -0.25) is 14.5 Å². The Morgan fingerprint density at radius 3 is 1.89 bits per heavy atom. The fraction of sp³-hybridized carbons (Fsp3) is 0.909. The summed E-state index contributed by atoms with van der Waals surface area (Å²) in [6.07, 6.45) is 8.52. The minimum atomic E-state index is -0.0821. The molecule has 0 aliphatic heterocycles. The van der Waals surface area contributed by atoms with E-state index in [-0.39, 0.29) is 23.8 Å². The summed E-state index contributed by atoms with van der Waals surface area (Å²) in [6, 6.07) is 0.920. The topological polar surface area (TPSA) is 61.4 Å². The Balaban J connectivity index is 1.36. The highest BCUT2D eigenvalue weighted by atomic mass is 16.2. The number of hydrogen-bond acceptors (Lipinski definition) is 3. The molecule has 2 N–H and O–H groups in total. The first-order chi connectivity index (χ1) is 12.8. The standard InChI is InChI=1S/C22H39N3O2/c1-15(2)25(16(3)4)6-5-23-21(27)14-24-20(26)13-22-10-17-7-18(11-22)9-19(8-17)12-22/h15-19H,5-14H2,1-4H3,(H,23,27)(H,24,26). The van der Waals surface area contributed by atoms with Gasteiger partial charge in [-0.25, -0.2) is 0 Å². The third-order valence-electron chi connectivity index (χ3n) is 7.17. The van der Waals surface area contributed by atoms with Gasteiger partial charge in [-0.1, -0.05) is 0 Å². The predicted octanol–water partition coefficient (Wildman–Crippen LogP) is 2.94. The molecule has 4 saturated carbocycles. The lowest BCUT2D eigenvalue weighted by Crippen LogP contribution is -2.49. The molecule has 4 bridgehead atoms. The number of carbonyl (C=O) groups excluding carboxylic acids is 2. The van der Waals surface area contributed by atoms with Crippen LogP contribution >= 0.6 is 0 Å². The van der Waals surface area contributed by atoms with Gasteiger partial charge in [0.15, 0.2) is 0 Å². The maximum atomic E-state index is 12.5. The minimum Gasteiger partial charge on any atom is -0.353 e. The first-order valence-corrected chi connectivity index (χ1v) is 11.1. The lowest BCUT2D eigenvalue weighted by molar-refractivity contribution is -0.131. The molecule has 0 spiro atoms. The Kier molecular flexibility index (Phi) is 6.50. The van der Waals surface area contributed by atoms with E-state index in [1.807, 2.05) is 0 Å². The molecular formula is C22H39N3O2. The van der Waals surface area contributed by atoms with Crippen LogP contribution in [0.4, 0.5) is 0 Å². The van der Waals surface area contributed by atoms with E-state index in [9.17, 15) is 9.59 Å². The highest BCUT2D eigenvalue weighted by molar-refractivity contribution is 5.84. The molecule has 0 unspecified atom stereocenters. The van der Waals surface area contributed by atoms with Crippen LogP contribution in [0.5, 0.6) is 0 Å². The molecule has 4 aliphatic carbocycles. The Morgan fingerprint density at radius 2 is 1.41 bits per heavy atom. The molecule has 2 amide bonds. The molecule has 5 nitrogen and oxygen atoms in total. The number of amides is 2. The van der Waals surface area contributed by atoms with Crippen LogP contribution in [0.25, 0.3) is 0 Å². The lowest BCUT2D eigenvalue weighted by Gasteiger charge is -2.56. The van der Waals surface area contributed by atoms with Crippen molar-refractivity contribution in [2.75, 3.05) is 19.6 Å². The van der Waals surface area contributed by atoms with E-state index in [0.29, 0.717) is 25.0 Å². The van der Waals surface area contributed by atoms with Gasteiger partial charge >= 0.3 is 0 Å². The molecule has 4 fully saturated rings. The summed E-state index contributed by atoms with van der Waals surface area (Å²) in [5, 5.41) is 5.82. The van der Waals surface area contributed by atoms with Crippen LogP contribution in [-0.4, -0.2) is 48.4 Å². The molecule has 27 heavy (non-hydrogen) atoms. The molecule has 4 rings (SSSR count). The maximum absolute atomic E-state index is 12.5. The van der Waals surface area contributed by atoms with E-state index in [1.54, 1.807) is 0 Å². The highest BCUT2D eigenvalue weighted by Crippen LogP contribution is 2.61. The van der Waals surface area contributed by atoms with Crippen molar-refractivity contribution in [3.8, 4) is 0 Å². The van der Waals surface area contributed by atoms with E-state index in [0.717, 1.165) is 24.3 Å². The van der Waals surface area contributed by atoms with Crippen LogP contribution in [0.1, 0.15) is 72.6 Å². The summed E-state index contributed by atoms with van der Waals surface area (Å²) in [5.74, 6) is 2.56. The van der Waals surface area contributed by atoms with Gasteiger partial charge in [-0.2, -0.15) is 0 Å². The third kappa shape index (κ3) is 5.24. The molecule has 4 aliphatic rings. The van der Waals surface area contributed by atoms with Crippen LogP contribution < -0.4 is 10.6 Å². The summed E-state index contributed by atoms with van der Waals surface area (Å²) in [7, 11) is 0. The first kappa shape index (κ1) is 20.6. The van der Waals surface area contributed by atoms with Gasteiger partial charge in [0.25, 0.3) is 0 Å². The van der Waals surface area contributed by atoms with Crippen LogP contribution in [0.15, 0.2) is 0 Å². The molecule has 0 radical (unpaired) electrons. The molecular weight excluding hydrogens is 338 g/mol. The number of hydrogen-bond donors (Lipinski definition) is 2. The van der Waals surface area contributed by atoms with Crippen molar-refractivity contribution in [1.82, 2.24) is 15.5 Å². The summed E-state index contributed by atoms with van der Waals surface area (Å²) in [5.41, 5.74) is 0.240. The fourth-order valence-electron chi connectivity index (χ4n) is 6.59. The van der Waals surface area contributed by atoms with Crippen LogP contribution in [0.2, 0.25) is 0 Å². The second-order valence-electron chi connectivity index (χ2n) is 10.1. The quantitative estimate of drug-likeness (QED) is 0.649. The predicted molar refractivity (Wildman–Crippen MR) is 108 cm³/mol. The Labute approximate surface area is 165 Å². The molecule has 154 valence electrons. The molecule has 0 aromatic rings. The largest absolute Gasteiger partial charge is 0.353 e. The molecule has 0 saturated heterocycles. The maximum Gasteiger partial charge on any atom is 0.239 e. The van der Waals surface area contributed by atoms with Crippen molar-refractivity contribution in [3.63, 3.8) is 0 Å². The number of nitrogens with one attached hydrogen (secondary N) is 2. The summed E-state index contributed by atoms with van der Waals surface area (Å²) < 4.78 is 0. The monoisotopic (exact) mass is 377 g/mol. The molecule has 5 heteroatoms. The van der Waals surface area contributed by atoms with E-state index in [2.05, 4.69) is 43.2 Å². The smallest absolute Gasteiger partial charge is 0.239 e. The van der Waals surface area contributed by atoms with Crippen LogP contribution in [-0.2, 0) is 9.59 Å². The number of nitrogens with zero attached hydrogens (tertiary/aromatic N) is 1. The van der Waals surface area contributed by atoms with Gasteiger partial charge in [-0.15, -0.1) is 0 Å². The third-order valence-corrected chi connectivity index (χ3v) is 7.17. The van der Waals surface area contributed by atoms with Crippen molar-refractivity contribution in [2.24, 2.45) is 23.2 Å².